The van der Waals surface area contributed by atoms with E-state index in [4.69, 9.17) is 0 Å². The number of hydrogen-bond donors (Lipinski definition) is 0. The molecule has 2 heterocycles. The maximum Gasteiger partial charge on any atom is 0.387 e. The predicted molar refractivity (Wildman–Crippen MR) is 94.3 cm³/mol. The monoisotopic (exact) mass is 387 g/mol. The minimum Gasteiger partial charge on any atom is -0.454 e. The van der Waals surface area contributed by atoms with E-state index in [0.29, 0.717) is 19.1 Å². The largest absolute Gasteiger partial charge is 0.454 e. The summed E-state index contributed by atoms with van der Waals surface area (Å²) in [5, 5.41) is 0. The normalized spacial score (nSPS) is 24.1. The summed E-state index contributed by atoms with van der Waals surface area (Å²) in [6.07, 6.45) is 3.88. The molecule has 1 aromatic rings. The molecule has 0 saturated carbocycles. The molecule has 0 N–H and O–H groups in total. The van der Waals surface area contributed by atoms with Crippen LogP contribution in [0, 0.1) is 12.5 Å². The Hall–Kier alpha value is -1.25. The molecule has 3 rings (SSSR count). The number of ether oxygens (including phenoxy) is 1. The molecular formula is C18H25F2N2O3S-. The van der Waals surface area contributed by atoms with Gasteiger partial charge in [-0.25, -0.2) is 8.42 Å². The molecular weight excluding hydrogens is 362 g/mol. The second-order valence-corrected chi connectivity index (χ2v) is 8.97. The fourth-order valence-electron chi connectivity index (χ4n) is 3.58. The van der Waals surface area contributed by atoms with E-state index in [1.807, 2.05) is 0 Å². The summed E-state index contributed by atoms with van der Waals surface area (Å²) in [7, 11) is -3.61. The summed E-state index contributed by atoms with van der Waals surface area (Å²) >= 11 is 0. The Balaban J connectivity index is 1.59. The minimum atomic E-state index is -3.61. The Kier molecular flexibility index (Phi) is 6.14. The van der Waals surface area contributed by atoms with Gasteiger partial charge in [0, 0.05) is 13.1 Å². The van der Waals surface area contributed by atoms with Crippen LogP contribution in [0.2, 0.25) is 0 Å². The predicted octanol–water partition coefficient (Wildman–Crippen LogP) is 3.33. The Bertz CT molecular complexity index is 681. The average Bonchev–Trinajstić information content (AvgIpc) is 2.62. The van der Waals surface area contributed by atoms with E-state index in [2.05, 4.69) is 23.1 Å². The summed E-state index contributed by atoms with van der Waals surface area (Å²) in [4.78, 5) is 2.48. The zero-order chi connectivity index (χ0) is 18.7. The van der Waals surface area contributed by atoms with Crippen LogP contribution >= 0.6 is 0 Å². The first-order chi connectivity index (χ1) is 12.4. The molecule has 1 unspecified atom stereocenters. The SMILES string of the molecule is CC1C[CH-]N(C2CCN(S(=O)(=O)c3ccc(OC(F)F)cc3)CC2)CC1. The molecule has 1 aromatic carbocycles. The molecule has 5 nitrogen and oxygen atoms in total. The molecule has 8 heteroatoms. The first-order valence-electron chi connectivity index (χ1n) is 9.00. The van der Waals surface area contributed by atoms with Crippen molar-refractivity contribution in [2.24, 2.45) is 5.92 Å². The van der Waals surface area contributed by atoms with Gasteiger partial charge in [-0.1, -0.05) is 12.8 Å². The summed E-state index contributed by atoms with van der Waals surface area (Å²) in [5.41, 5.74) is 0. The molecule has 26 heavy (non-hydrogen) atoms. The highest BCUT2D eigenvalue weighted by atomic mass is 32.2. The Morgan fingerprint density at radius 2 is 1.77 bits per heavy atom. The van der Waals surface area contributed by atoms with E-state index in [1.54, 1.807) is 0 Å². The van der Waals surface area contributed by atoms with Crippen molar-refractivity contribution in [2.45, 2.75) is 50.2 Å². The molecule has 0 radical (unpaired) electrons. The van der Waals surface area contributed by atoms with Crippen LogP contribution < -0.4 is 4.74 Å². The molecule has 0 spiro atoms. The van der Waals surface area contributed by atoms with Crippen LogP contribution in [0.25, 0.3) is 0 Å². The van der Waals surface area contributed by atoms with E-state index in [9.17, 15) is 17.2 Å². The topological polar surface area (TPSA) is 49.9 Å². The maximum atomic E-state index is 12.8. The lowest BCUT2D eigenvalue weighted by molar-refractivity contribution is -0.0498. The standard InChI is InChI=1S/C18H25F2N2O3S/c1-14-6-10-21(11-7-14)15-8-12-22(13-9-15)26(23,24)17-4-2-16(3-5-17)25-18(19)20/h2-5,10,14-15,18H,6-9,11-13H2,1H3/q-1. The van der Waals surface area contributed by atoms with Gasteiger partial charge in [-0.2, -0.15) is 19.5 Å². The van der Waals surface area contributed by atoms with Gasteiger partial charge in [-0.15, -0.1) is 0 Å². The first kappa shape index (κ1) is 19.5. The molecule has 2 saturated heterocycles. The molecule has 2 aliphatic heterocycles. The van der Waals surface area contributed by atoms with Gasteiger partial charge in [0.15, 0.2) is 0 Å². The van der Waals surface area contributed by atoms with Crippen molar-refractivity contribution in [3.8, 4) is 5.75 Å². The number of alkyl halides is 2. The molecule has 0 aliphatic carbocycles. The molecule has 0 amide bonds. The van der Waals surface area contributed by atoms with Gasteiger partial charge in [0.2, 0.25) is 10.0 Å². The number of piperidine rings is 2. The number of sulfonamides is 1. The molecule has 0 bridgehead atoms. The molecule has 2 fully saturated rings. The lowest BCUT2D eigenvalue weighted by Crippen LogP contribution is -2.47. The van der Waals surface area contributed by atoms with Crippen LogP contribution in [0.4, 0.5) is 8.78 Å². The number of likely N-dealkylation sites (tertiary alicyclic amines) is 1. The van der Waals surface area contributed by atoms with E-state index in [-0.39, 0.29) is 10.6 Å². The number of hydrogen-bond acceptors (Lipinski definition) is 4. The van der Waals surface area contributed by atoms with E-state index in [0.717, 1.165) is 31.7 Å². The summed E-state index contributed by atoms with van der Waals surface area (Å²) in [6, 6.07) is 5.55. The number of halogens is 2. The summed E-state index contributed by atoms with van der Waals surface area (Å²) in [5.74, 6) is 0.677. The number of nitrogens with zero attached hydrogens (tertiary/aromatic N) is 2. The van der Waals surface area contributed by atoms with E-state index >= 15 is 0 Å². The number of benzene rings is 1. The third-order valence-electron chi connectivity index (χ3n) is 5.20. The van der Waals surface area contributed by atoms with Crippen molar-refractivity contribution in [3.05, 3.63) is 30.8 Å². The smallest absolute Gasteiger partial charge is 0.387 e. The van der Waals surface area contributed by atoms with Crippen molar-refractivity contribution in [2.75, 3.05) is 19.6 Å². The number of rotatable bonds is 5. The van der Waals surface area contributed by atoms with Crippen molar-refractivity contribution in [3.63, 3.8) is 0 Å². The second kappa shape index (κ2) is 8.19. The maximum absolute atomic E-state index is 12.8. The lowest BCUT2D eigenvalue weighted by Gasteiger charge is -2.48. The van der Waals surface area contributed by atoms with Crippen LogP contribution in [-0.4, -0.2) is 49.9 Å². The van der Waals surface area contributed by atoms with Crippen LogP contribution in [0.1, 0.15) is 32.6 Å². The average molecular weight is 387 g/mol. The fourth-order valence-corrected chi connectivity index (χ4v) is 5.05. The lowest BCUT2D eigenvalue weighted by atomic mass is 9.95. The van der Waals surface area contributed by atoms with Gasteiger partial charge < -0.3 is 9.64 Å². The minimum absolute atomic E-state index is 0.0486. The van der Waals surface area contributed by atoms with Gasteiger partial charge >= 0.3 is 6.61 Å². The van der Waals surface area contributed by atoms with Crippen molar-refractivity contribution >= 4 is 10.0 Å². The van der Waals surface area contributed by atoms with Crippen LogP contribution in [-0.2, 0) is 10.0 Å². The fraction of sp³-hybridized carbons (Fsp3) is 0.611. The van der Waals surface area contributed by atoms with Crippen LogP contribution in [0.15, 0.2) is 29.2 Å². The third-order valence-corrected chi connectivity index (χ3v) is 7.11. The van der Waals surface area contributed by atoms with E-state index < -0.39 is 16.6 Å². The van der Waals surface area contributed by atoms with Crippen molar-refractivity contribution < 1.29 is 21.9 Å². The Morgan fingerprint density at radius 3 is 2.31 bits per heavy atom. The van der Waals surface area contributed by atoms with Crippen LogP contribution in [0.5, 0.6) is 5.75 Å². The van der Waals surface area contributed by atoms with E-state index in [1.165, 1.54) is 35.0 Å². The van der Waals surface area contributed by atoms with Gasteiger partial charge in [-0.3, -0.25) is 6.54 Å². The van der Waals surface area contributed by atoms with Gasteiger partial charge in [0.1, 0.15) is 5.75 Å². The quantitative estimate of drug-likeness (QED) is 0.727. The summed E-state index contributed by atoms with van der Waals surface area (Å²) < 4.78 is 55.7. The Labute approximate surface area is 154 Å². The third kappa shape index (κ3) is 4.53. The second-order valence-electron chi connectivity index (χ2n) is 7.04. The first-order valence-corrected chi connectivity index (χ1v) is 10.4. The highest BCUT2D eigenvalue weighted by Crippen LogP contribution is 2.28. The molecule has 2 aliphatic rings. The highest BCUT2D eigenvalue weighted by molar-refractivity contribution is 7.89. The zero-order valence-corrected chi connectivity index (χ0v) is 15.7. The summed E-state index contributed by atoms with van der Waals surface area (Å²) in [6.45, 7) is 3.59. The van der Waals surface area contributed by atoms with Crippen molar-refractivity contribution in [1.82, 2.24) is 9.21 Å². The molecule has 1 atom stereocenters. The van der Waals surface area contributed by atoms with Gasteiger partial charge in [0.25, 0.3) is 0 Å². The highest BCUT2D eigenvalue weighted by Gasteiger charge is 2.30. The van der Waals surface area contributed by atoms with Gasteiger partial charge in [-0.05, 0) is 56.1 Å². The molecule has 146 valence electrons. The Morgan fingerprint density at radius 1 is 1.12 bits per heavy atom. The zero-order valence-electron chi connectivity index (χ0n) is 14.9. The van der Waals surface area contributed by atoms with Crippen molar-refractivity contribution in [1.29, 1.82) is 0 Å². The molecule has 0 aromatic heterocycles. The van der Waals surface area contributed by atoms with Gasteiger partial charge in [0.05, 0.1) is 4.90 Å². The van der Waals surface area contributed by atoms with Crippen LogP contribution in [0.3, 0.4) is 0 Å².